The first-order chi connectivity index (χ1) is 8.22. The Balaban J connectivity index is 2.89. The number of benzene rings is 1. The molecule has 1 rings (SSSR count). The summed E-state index contributed by atoms with van der Waals surface area (Å²) in [6.07, 6.45) is 6.42. The highest BCUT2D eigenvalue weighted by Gasteiger charge is 2.09. The lowest BCUT2D eigenvalue weighted by atomic mass is 10.0. The van der Waals surface area contributed by atoms with Crippen molar-refractivity contribution >= 4 is 0 Å². The molecule has 0 aliphatic heterocycles. The molecule has 0 aromatic heterocycles. The van der Waals surface area contributed by atoms with Crippen LogP contribution in [0.15, 0.2) is 12.1 Å². The van der Waals surface area contributed by atoms with Gasteiger partial charge < -0.3 is 9.84 Å². The fourth-order valence-corrected chi connectivity index (χ4v) is 1.97. The lowest BCUT2D eigenvalue weighted by molar-refractivity contribution is 0.404. The molecule has 0 amide bonds. The van der Waals surface area contributed by atoms with E-state index < -0.39 is 0 Å². The molecule has 0 saturated carbocycles. The van der Waals surface area contributed by atoms with Crippen molar-refractivity contribution in [2.24, 2.45) is 0 Å². The van der Waals surface area contributed by atoms with Crippen molar-refractivity contribution < 1.29 is 9.84 Å². The molecule has 0 saturated heterocycles. The normalized spacial score (nSPS) is 10.5. The van der Waals surface area contributed by atoms with Crippen molar-refractivity contribution in [2.75, 3.05) is 7.11 Å². The number of hydrogen-bond acceptors (Lipinski definition) is 2. The molecule has 0 aliphatic rings. The number of aromatic hydroxyl groups is 1. The molecule has 1 aromatic carbocycles. The van der Waals surface area contributed by atoms with Gasteiger partial charge in [-0.25, -0.2) is 0 Å². The van der Waals surface area contributed by atoms with Gasteiger partial charge in [0, 0.05) is 0 Å². The van der Waals surface area contributed by atoms with Crippen LogP contribution in [0, 0.1) is 0 Å². The zero-order valence-corrected chi connectivity index (χ0v) is 11.3. The minimum Gasteiger partial charge on any atom is -0.508 e. The third kappa shape index (κ3) is 3.95. The van der Waals surface area contributed by atoms with Gasteiger partial charge in [0.15, 0.2) is 0 Å². The van der Waals surface area contributed by atoms with Crippen LogP contribution in [0.25, 0.3) is 0 Å². The van der Waals surface area contributed by atoms with Crippen LogP contribution >= 0.6 is 0 Å². The minimum atomic E-state index is 0.422. The highest BCUT2D eigenvalue weighted by atomic mass is 16.5. The van der Waals surface area contributed by atoms with Gasteiger partial charge in [0.2, 0.25) is 0 Å². The summed E-state index contributed by atoms with van der Waals surface area (Å²) >= 11 is 0. The van der Waals surface area contributed by atoms with E-state index in [0.29, 0.717) is 5.75 Å². The predicted octanol–water partition coefficient (Wildman–Crippen LogP) is 4.09. The Labute approximate surface area is 105 Å². The van der Waals surface area contributed by atoms with Crippen LogP contribution in [0.1, 0.15) is 50.7 Å². The summed E-state index contributed by atoms with van der Waals surface area (Å²) in [6.45, 7) is 4.33. The highest BCUT2D eigenvalue weighted by Crippen LogP contribution is 2.30. The molecule has 0 aliphatic carbocycles. The third-order valence-corrected chi connectivity index (χ3v) is 3.08. The molecule has 0 bridgehead atoms. The summed E-state index contributed by atoms with van der Waals surface area (Å²) in [5, 5.41) is 9.98. The van der Waals surface area contributed by atoms with Gasteiger partial charge in [-0.05, 0) is 48.9 Å². The van der Waals surface area contributed by atoms with Crippen LogP contribution < -0.4 is 4.74 Å². The average molecular weight is 236 g/mol. The van der Waals surface area contributed by atoms with E-state index in [1.54, 1.807) is 7.11 Å². The van der Waals surface area contributed by atoms with E-state index in [4.69, 9.17) is 4.74 Å². The van der Waals surface area contributed by atoms with Gasteiger partial charge in [-0.2, -0.15) is 0 Å². The van der Waals surface area contributed by atoms with Crippen LogP contribution in [0.5, 0.6) is 11.5 Å². The number of phenols is 1. The Kier molecular flexibility index (Phi) is 5.88. The van der Waals surface area contributed by atoms with Crippen LogP contribution in [-0.4, -0.2) is 12.2 Å². The van der Waals surface area contributed by atoms with E-state index in [1.807, 2.05) is 12.1 Å². The first-order valence-electron chi connectivity index (χ1n) is 6.61. The van der Waals surface area contributed by atoms with E-state index >= 15 is 0 Å². The number of unbranched alkanes of at least 4 members (excludes halogenated alkanes) is 2. The molecule has 0 heterocycles. The maximum atomic E-state index is 9.98. The van der Waals surface area contributed by atoms with Crippen molar-refractivity contribution in [1.82, 2.24) is 0 Å². The van der Waals surface area contributed by atoms with Crippen molar-refractivity contribution in [3.8, 4) is 11.5 Å². The molecule has 0 unspecified atom stereocenters. The first-order valence-corrected chi connectivity index (χ1v) is 6.61. The molecule has 2 heteroatoms. The van der Waals surface area contributed by atoms with Gasteiger partial charge in [0.05, 0.1) is 7.11 Å². The summed E-state index contributed by atoms with van der Waals surface area (Å²) in [6, 6.07) is 3.87. The van der Waals surface area contributed by atoms with E-state index in [1.165, 1.54) is 0 Å². The van der Waals surface area contributed by atoms with Crippen molar-refractivity contribution in [2.45, 2.75) is 52.4 Å². The van der Waals surface area contributed by atoms with Gasteiger partial charge in [-0.1, -0.05) is 26.7 Å². The largest absolute Gasteiger partial charge is 0.508 e. The van der Waals surface area contributed by atoms with E-state index in [-0.39, 0.29) is 0 Å². The monoisotopic (exact) mass is 236 g/mol. The molecule has 1 N–H and O–H groups in total. The minimum absolute atomic E-state index is 0.422. The molecule has 96 valence electrons. The third-order valence-electron chi connectivity index (χ3n) is 3.08. The van der Waals surface area contributed by atoms with E-state index in [2.05, 4.69) is 13.8 Å². The Morgan fingerprint density at radius 2 is 1.59 bits per heavy atom. The molecule has 0 fully saturated rings. The van der Waals surface area contributed by atoms with Gasteiger partial charge in [0.1, 0.15) is 11.5 Å². The zero-order valence-electron chi connectivity index (χ0n) is 11.3. The van der Waals surface area contributed by atoms with Crippen molar-refractivity contribution in [3.05, 3.63) is 23.3 Å². The smallest absolute Gasteiger partial charge is 0.122 e. The first kappa shape index (κ1) is 13.9. The SMILES string of the molecule is CCCCc1cc(OC)c(CCCC)cc1O. The van der Waals surface area contributed by atoms with Crippen LogP contribution in [-0.2, 0) is 12.8 Å². The summed E-state index contributed by atoms with van der Waals surface area (Å²) in [7, 11) is 1.70. The fourth-order valence-electron chi connectivity index (χ4n) is 1.97. The fraction of sp³-hybridized carbons (Fsp3) is 0.600. The van der Waals surface area contributed by atoms with Crippen LogP contribution in [0.3, 0.4) is 0 Å². The average Bonchev–Trinajstić information content (AvgIpc) is 2.35. The molecule has 2 nitrogen and oxygen atoms in total. The van der Waals surface area contributed by atoms with Gasteiger partial charge in [0.25, 0.3) is 0 Å². The Hall–Kier alpha value is -1.18. The lowest BCUT2D eigenvalue weighted by Crippen LogP contribution is -1.96. The Bertz CT molecular complexity index is 345. The number of ether oxygens (including phenoxy) is 1. The lowest BCUT2D eigenvalue weighted by Gasteiger charge is -2.12. The van der Waals surface area contributed by atoms with Gasteiger partial charge >= 0.3 is 0 Å². The summed E-state index contributed by atoms with van der Waals surface area (Å²) in [5.74, 6) is 1.34. The Morgan fingerprint density at radius 3 is 2.12 bits per heavy atom. The highest BCUT2D eigenvalue weighted by molar-refractivity contribution is 5.46. The Morgan fingerprint density at radius 1 is 1.00 bits per heavy atom. The molecule has 0 atom stereocenters. The summed E-state index contributed by atoms with van der Waals surface area (Å²) < 4.78 is 5.41. The number of phenolic OH excluding ortho intramolecular Hbond substituents is 1. The second-order valence-electron chi connectivity index (χ2n) is 4.50. The standard InChI is InChI=1S/C15H24O2/c1-4-6-8-12-11-15(17-3)13(9-7-5-2)10-14(12)16/h10-11,16H,4-9H2,1-3H3. The van der Waals surface area contributed by atoms with E-state index in [0.717, 1.165) is 55.4 Å². The topological polar surface area (TPSA) is 29.5 Å². The summed E-state index contributed by atoms with van der Waals surface area (Å²) in [4.78, 5) is 0. The molecular formula is C15H24O2. The van der Waals surface area contributed by atoms with Crippen molar-refractivity contribution in [1.29, 1.82) is 0 Å². The van der Waals surface area contributed by atoms with Gasteiger partial charge in [-0.3, -0.25) is 0 Å². The quantitative estimate of drug-likeness (QED) is 0.772. The molecule has 0 spiro atoms. The number of hydrogen-bond donors (Lipinski definition) is 1. The maximum Gasteiger partial charge on any atom is 0.122 e. The second-order valence-corrected chi connectivity index (χ2v) is 4.50. The van der Waals surface area contributed by atoms with Gasteiger partial charge in [-0.15, -0.1) is 0 Å². The second kappa shape index (κ2) is 7.21. The van der Waals surface area contributed by atoms with Crippen LogP contribution in [0.4, 0.5) is 0 Å². The maximum absolute atomic E-state index is 9.98. The summed E-state index contributed by atoms with van der Waals surface area (Å²) in [5.41, 5.74) is 2.12. The number of aryl methyl sites for hydroxylation is 2. The van der Waals surface area contributed by atoms with E-state index in [9.17, 15) is 5.11 Å². The molecule has 17 heavy (non-hydrogen) atoms. The number of methoxy groups -OCH3 is 1. The number of rotatable bonds is 7. The molecule has 0 radical (unpaired) electrons. The van der Waals surface area contributed by atoms with Crippen molar-refractivity contribution in [3.63, 3.8) is 0 Å². The molecule has 1 aromatic rings. The predicted molar refractivity (Wildman–Crippen MR) is 71.9 cm³/mol. The zero-order chi connectivity index (χ0) is 12.7. The molecular weight excluding hydrogens is 212 g/mol. The van der Waals surface area contributed by atoms with Crippen LogP contribution in [0.2, 0.25) is 0 Å².